The molecule has 2 bridgehead atoms. The van der Waals surface area contributed by atoms with Gasteiger partial charge in [0.25, 0.3) is 11.8 Å². The van der Waals surface area contributed by atoms with Crippen LogP contribution in [0.3, 0.4) is 0 Å². The SMILES string of the molecule is CC(=O)Oc1ccc2c(c1)[C@@]13CCCC[C@H]1[C@@H](C2)N(CCCc1cccc(N2C(=O)C=CC2=O)c1)CC3. The minimum absolute atomic E-state index is 0.209. The van der Waals surface area contributed by atoms with Crippen molar-refractivity contribution in [2.45, 2.75) is 69.7 Å². The van der Waals surface area contributed by atoms with Gasteiger partial charge in [0.1, 0.15) is 5.75 Å². The molecule has 37 heavy (non-hydrogen) atoms. The summed E-state index contributed by atoms with van der Waals surface area (Å²) in [5.74, 6) is 0.522. The van der Waals surface area contributed by atoms with E-state index in [-0.39, 0.29) is 23.2 Å². The lowest BCUT2D eigenvalue weighted by molar-refractivity contribution is -0.132. The lowest BCUT2D eigenvalue weighted by Gasteiger charge is -2.59. The summed E-state index contributed by atoms with van der Waals surface area (Å²) in [6.45, 7) is 3.61. The number of likely N-dealkylation sites (tertiary alicyclic amines) is 1. The number of piperidine rings is 1. The molecule has 0 radical (unpaired) electrons. The topological polar surface area (TPSA) is 66.9 Å². The lowest BCUT2D eigenvalue weighted by Crippen LogP contribution is -2.61. The fraction of sp³-hybridized carbons (Fsp3) is 0.452. The third-order valence-corrected chi connectivity index (χ3v) is 9.07. The fourth-order valence-corrected chi connectivity index (χ4v) is 7.56. The van der Waals surface area contributed by atoms with Crippen LogP contribution in [-0.2, 0) is 32.6 Å². The summed E-state index contributed by atoms with van der Waals surface area (Å²) in [5.41, 5.74) is 4.87. The Hall–Kier alpha value is -3.25. The number of fused-ring (bicyclic) bond motifs is 1. The molecule has 2 aliphatic heterocycles. The molecule has 0 unspecified atom stereocenters. The van der Waals surface area contributed by atoms with Crippen LogP contribution in [0.2, 0.25) is 0 Å². The first-order valence-corrected chi connectivity index (χ1v) is 13.7. The molecular formula is C31H34N2O4. The average Bonchev–Trinajstić information content (AvgIpc) is 3.23. The van der Waals surface area contributed by atoms with Crippen LogP contribution < -0.4 is 9.64 Å². The molecule has 2 heterocycles. The highest BCUT2D eigenvalue weighted by molar-refractivity contribution is 6.28. The zero-order chi connectivity index (χ0) is 25.6. The number of rotatable bonds is 6. The first-order chi connectivity index (χ1) is 17.9. The molecule has 2 amide bonds. The van der Waals surface area contributed by atoms with E-state index in [0.717, 1.165) is 44.3 Å². The fourth-order valence-electron chi connectivity index (χ4n) is 7.56. The highest BCUT2D eigenvalue weighted by Crippen LogP contribution is 2.56. The Kier molecular flexibility index (Phi) is 6.23. The van der Waals surface area contributed by atoms with Crippen molar-refractivity contribution in [3.05, 3.63) is 71.3 Å². The molecule has 6 rings (SSSR count). The molecule has 2 aliphatic carbocycles. The van der Waals surface area contributed by atoms with Gasteiger partial charge in [-0.1, -0.05) is 31.0 Å². The molecule has 0 N–H and O–H groups in total. The molecule has 3 atom stereocenters. The van der Waals surface area contributed by atoms with Crippen LogP contribution in [0.15, 0.2) is 54.6 Å². The lowest BCUT2D eigenvalue weighted by atomic mass is 9.52. The summed E-state index contributed by atoms with van der Waals surface area (Å²) >= 11 is 0. The molecule has 1 saturated carbocycles. The van der Waals surface area contributed by atoms with Gasteiger partial charge in [0.05, 0.1) is 5.69 Å². The van der Waals surface area contributed by atoms with E-state index in [0.29, 0.717) is 23.4 Å². The van der Waals surface area contributed by atoms with Crippen LogP contribution in [0.5, 0.6) is 5.75 Å². The third kappa shape index (κ3) is 4.31. The van der Waals surface area contributed by atoms with Crippen molar-refractivity contribution in [3.8, 4) is 5.75 Å². The van der Waals surface area contributed by atoms with Crippen molar-refractivity contribution in [2.75, 3.05) is 18.0 Å². The molecule has 6 nitrogen and oxygen atoms in total. The van der Waals surface area contributed by atoms with E-state index >= 15 is 0 Å². The monoisotopic (exact) mass is 498 g/mol. The number of hydrogen-bond acceptors (Lipinski definition) is 5. The third-order valence-electron chi connectivity index (χ3n) is 9.07. The molecule has 2 aromatic rings. The summed E-state index contributed by atoms with van der Waals surface area (Å²) in [5, 5.41) is 0. The number of ether oxygens (including phenoxy) is 1. The number of carbonyl (C=O) groups excluding carboxylic acids is 3. The molecule has 1 saturated heterocycles. The molecule has 0 aromatic heterocycles. The van der Waals surface area contributed by atoms with E-state index in [2.05, 4.69) is 23.1 Å². The Morgan fingerprint density at radius 1 is 1.05 bits per heavy atom. The first-order valence-electron chi connectivity index (χ1n) is 13.7. The maximum Gasteiger partial charge on any atom is 0.308 e. The number of nitrogens with zero attached hydrogens (tertiary/aromatic N) is 2. The molecule has 6 heteroatoms. The van der Waals surface area contributed by atoms with Crippen LogP contribution in [-0.4, -0.2) is 41.8 Å². The second-order valence-electron chi connectivity index (χ2n) is 11.1. The van der Waals surface area contributed by atoms with Gasteiger partial charge in [0.2, 0.25) is 0 Å². The Balaban J connectivity index is 1.17. The first kappa shape index (κ1) is 24.1. The molecular weight excluding hydrogens is 464 g/mol. The van der Waals surface area contributed by atoms with Gasteiger partial charge in [-0.2, -0.15) is 0 Å². The predicted molar refractivity (Wildman–Crippen MR) is 141 cm³/mol. The number of hydrogen-bond donors (Lipinski definition) is 0. The zero-order valence-electron chi connectivity index (χ0n) is 21.4. The van der Waals surface area contributed by atoms with E-state index in [1.807, 2.05) is 24.3 Å². The normalized spacial score (nSPS) is 26.7. The summed E-state index contributed by atoms with van der Waals surface area (Å²) < 4.78 is 5.47. The number of anilines is 1. The molecule has 4 aliphatic rings. The predicted octanol–water partition coefficient (Wildman–Crippen LogP) is 4.73. The van der Waals surface area contributed by atoms with Crippen LogP contribution in [0.25, 0.3) is 0 Å². The number of esters is 1. The minimum atomic E-state index is -0.274. The number of aryl methyl sites for hydroxylation is 1. The molecule has 0 spiro atoms. The maximum absolute atomic E-state index is 12.1. The summed E-state index contributed by atoms with van der Waals surface area (Å²) in [4.78, 5) is 39.7. The quantitative estimate of drug-likeness (QED) is 0.327. The Morgan fingerprint density at radius 2 is 1.89 bits per heavy atom. The maximum atomic E-state index is 12.1. The summed E-state index contributed by atoms with van der Waals surface area (Å²) in [6, 6.07) is 14.7. The van der Waals surface area contributed by atoms with Gasteiger partial charge < -0.3 is 4.74 Å². The van der Waals surface area contributed by atoms with Crippen molar-refractivity contribution < 1.29 is 19.1 Å². The second-order valence-corrected chi connectivity index (χ2v) is 11.1. The number of imide groups is 1. The Labute approximate surface area is 218 Å². The highest BCUT2D eigenvalue weighted by atomic mass is 16.5. The van der Waals surface area contributed by atoms with Gasteiger partial charge in [0, 0.05) is 30.5 Å². The zero-order valence-corrected chi connectivity index (χ0v) is 21.4. The van der Waals surface area contributed by atoms with Crippen molar-refractivity contribution in [1.29, 1.82) is 0 Å². The van der Waals surface area contributed by atoms with E-state index < -0.39 is 0 Å². The van der Waals surface area contributed by atoms with Crippen LogP contribution >= 0.6 is 0 Å². The Bertz CT molecular complexity index is 1270. The van der Waals surface area contributed by atoms with Crippen molar-refractivity contribution >= 4 is 23.5 Å². The molecule has 2 aromatic carbocycles. The van der Waals surface area contributed by atoms with E-state index in [1.165, 1.54) is 60.8 Å². The van der Waals surface area contributed by atoms with Crippen LogP contribution in [0.1, 0.15) is 62.1 Å². The van der Waals surface area contributed by atoms with Gasteiger partial charge >= 0.3 is 5.97 Å². The highest BCUT2D eigenvalue weighted by Gasteiger charge is 2.53. The van der Waals surface area contributed by atoms with Gasteiger partial charge in [-0.25, -0.2) is 4.90 Å². The summed E-state index contributed by atoms with van der Waals surface area (Å²) in [6.07, 6.45) is 11.9. The van der Waals surface area contributed by atoms with Crippen molar-refractivity contribution in [1.82, 2.24) is 4.90 Å². The van der Waals surface area contributed by atoms with Gasteiger partial charge in [-0.3, -0.25) is 19.3 Å². The van der Waals surface area contributed by atoms with Gasteiger partial charge in [-0.05, 0) is 98.5 Å². The largest absolute Gasteiger partial charge is 0.427 e. The standard InChI is InChI=1S/C31H34N2O4/c1-21(34)37-25-11-10-23-19-28-26-9-2-3-14-31(26,27(23)20-25)15-17-32(28)16-5-7-22-6-4-8-24(18-22)33-29(35)12-13-30(33)36/h4,6,8,10-13,18,20,26,28H,2-3,5,7,9,14-17,19H2,1H3/t26-,28+,31+/m0/s1. The molecule has 192 valence electrons. The van der Waals surface area contributed by atoms with Crippen LogP contribution in [0.4, 0.5) is 5.69 Å². The van der Waals surface area contributed by atoms with Crippen molar-refractivity contribution in [3.63, 3.8) is 0 Å². The number of benzene rings is 2. The van der Waals surface area contributed by atoms with Gasteiger partial charge in [0.15, 0.2) is 0 Å². The minimum Gasteiger partial charge on any atom is -0.427 e. The van der Waals surface area contributed by atoms with Gasteiger partial charge in [-0.15, -0.1) is 0 Å². The average molecular weight is 499 g/mol. The van der Waals surface area contributed by atoms with E-state index in [1.54, 1.807) is 0 Å². The number of carbonyl (C=O) groups is 3. The number of amides is 2. The van der Waals surface area contributed by atoms with E-state index in [9.17, 15) is 14.4 Å². The van der Waals surface area contributed by atoms with Crippen molar-refractivity contribution in [2.24, 2.45) is 5.92 Å². The Morgan fingerprint density at radius 3 is 2.70 bits per heavy atom. The second kappa shape index (κ2) is 9.56. The van der Waals surface area contributed by atoms with Crippen LogP contribution in [0, 0.1) is 5.92 Å². The smallest absolute Gasteiger partial charge is 0.308 e. The molecule has 2 fully saturated rings. The van der Waals surface area contributed by atoms with E-state index in [4.69, 9.17) is 4.74 Å². The summed E-state index contributed by atoms with van der Waals surface area (Å²) in [7, 11) is 0.